The maximum atomic E-state index is 5.99. The van der Waals surface area contributed by atoms with Gasteiger partial charge in [-0.2, -0.15) is 0 Å². The highest BCUT2D eigenvalue weighted by Crippen LogP contribution is 2.53. The molecule has 1 heteroatoms. The molecule has 0 aromatic rings. The Bertz CT molecular complexity index is 262. The summed E-state index contributed by atoms with van der Waals surface area (Å²) in [5.41, 5.74) is 1.66. The fourth-order valence-electron chi connectivity index (χ4n) is 2.97. The van der Waals surface area contributed by atoms with E-state index in [4.69, 9.17) is 4.74 Å². The molecule has 1 nitrogen and oxygen atoms in total. The molecule has 17 heavy (non-hydrogen) atoms. The zero-order chi connectivity index (χ0) is 13.1. The van der Waals surface area contributed by atoms with E-state index >= 15 is 0 Å². The molecule has 0 amide bonds. The Labute approximate surface area is 108 Å². The van der Waals surface area contributed by atoms with Crippen molar-refractivity contribution < 1.29 is 4.74 Å². The molecule has 0 aromatic heterocycles. The van der Waals surface area contributed by atoms with Gasteiger partial charge in [-0.15, -0.1) is 0 Å². The van der Waals surface area contributed by atoms with Gasteiger partial charge < -0.3 is 4.74 Å². The van der Waals surface area contributed by atoms with Crippen LogP contribution < -0.4 is 0 Å². The standard InChI is InChI=1S/C12H20O.C4H10/c1-10-6-4-7-11(2)8-5-9-13-12(10,11)3;1-4(2)3/h1,4-9H2,2-3H3;4H,1-3H3/t11-,12+;/m1./s1. The average molecular weight is 238 g/mol. The van der Waals surface area contributed by atoms with Gasteiger partial charge in [0.2, 0.25) is 0 Å². The molecule has 0 spiro atoms. The van der Waals surface area contributed by atoms with Crippen molar-refractivity contribution in [3.63, 3.8) is 0 Å². The largest absolute Gasteiger partial charge is 0.370 e. The lowest BCUT2D eigenvalue weighted by molar-refractivity contribution is -0.142. The van der Waals surface area contributed by atoms with Gasteiger partial charge in [0.1, 0.15) is 0 Å². The summed E-state index contributed by atoms with van der Waals surface area (Å²) < 4.78 is 5.99. The van der Waals surface area contributed by atoms with Gasteiger partial charge in [0, 0.05) is 12.0 Å². The van der Waals surface area contributed by atoms with Gasteiger partial charge in [0.15, 0.2) is 0 Å². The summed E-state index contributed by atoms with van der Waals surface area (Å²) in [6.45, 7) is 16.2. The molecule has 0 bridgehead atoms. The maximum absolute atomic E-state index is 5.99. The summed E-state index contributed by atoms with van der Waals surface area (Å²) in [5, 5.41) is 0. The molecular weight excluding hydrogens is 208 g/mol. The Balaban J connectivity index is 0.000000317. The lowest BCUT2D eigenvalue weighted by Crippen LogP contribution is -2.52. The molecule has 0 unspecified atom stereocenters. The third-order valence-corrected chi connectivity index (χ3v) is 4.30. The van der Waals surface area contributed by atoms with Crippen LogP contribution in [-0.4, -0.2) is 12.2 Å². The lowest BCUT2D eigenvalue weighted by Gasteiger charge is -2.54. The van der Waals surface area contributed by atoms with Crippen LogP contribution in [0.2, 0.25) is 0 Å². The molecule has 100 valence electrons. The van der Waals surface area contributed by atoms with Gasteiger partial charge in [-0.1, -0.05) is 34.3 Å². The molecule has 2 atom stereocenters. The van der Waals surface area contributed by atoms with Crippen LogP contribution in [-0.2, 0) is 4.74 Å². The Kier molecular flexibility index (Phi) is 4.83. The smallest absolute Gasteiger partial charge is 0.0914 e. The zero-order valence-electron chi connectivity index (χ0n) is 12.4. The van der Waals surface area contributed by atoms with E-state index in [1.165, 1.54) is 31.3 Å². The first-order valence-electron chi connectivity index (χ1n) is 7.14. The molecule has 1 aliphatic carbocycles. The minimum Gasteiger partial charge on any atom is -0.370 e. The first-order chi connectivity index (χ1) is 7.82. The summed E-state index contributed by atoms with van der Waals surface area (Å²) in [4.78, 5) is 0. The van der Waals surface area contributed by atoms with Crippen LogP contribution in [0.3, 0.4) is 0 Å². The second-order valence-electron chi connectivity index (χ2n) is 6.74. The Morgan fingerprint density at radius 1 is 1.12 bits per heavy atom. The second kappa shape index (κ2) is 5.56. The van der Waals surface area contributed by atoms with Crippen molar-refractivity contribution in [2.45, 2.75) is 72.3 Å². The summed E-state index contributed by atoms with van der Waals surface area (Å²) in [6.07, 6.45) is 6.30. The van der Waals surface area contributed by atoms with Crippen LogP contribution in [0.5, 0.6) is 0 Å². The van der Waals surface area contributed by atoms with Gasteiger partial charge in [-0.05, 0) is 50.5 Å². The number of ether oxygens (including phenoxy) is 1. The number of rotatable bonds is 0. The number of hydrogen-bond donors (Lipinski definition) is 0. The molecule has 0 radical (unpaired) electrons. The van der Waals surface area contributed by atoms with Crippen LogP contribution in [0, 0.1) is 11.3 Å². The van der Waals surface area contributed by atoms with Crippen molar-refractivity contribution >= 4 is 0 Å². The van der Waals surface area contributed by atoms with Crippen LogP contribution in [0.25, 0.3) is 0 Å². The van der Waals surface area contributed by atoms with Gasteiger partial charge in [-0.3, -0.25) is 0 Å². The van der Waals surface area contributed by atoms with Crippen molar-refractivity contribution in [1.29, 1.82) is 0 Å². The summed E-state index contributed by atoms with van der Waals surface area (Å²) in [5.74, 6) is 0.833. The quantitative estimate of drug-likeness (QED) is 0.542. The van der Waals surface area contributed by atoms with E-state index in [1.807, 2.05) is 0 Å². The maximum Gasteiger partial charge on any atom is 0.0914 e. The highest BCUT2D eigenvalue weighted by atomic mass is 16.5. The van der Waals surface area contributed by atoms with E-state index in [9.17, 15) is 0 Å². The van der Waals surface area contributed by atoms with Gasteiger partial charge >= 0.3 is 0 Å². The Hall–Kier alpha value is -0.300. The van der Waals surface area contributed by atoms with Gasteiger partial charge in [-0.25, -0.2) is 0 Å². The highest BCUT2D eigenvalue weighted by Gasteiger charge is 2.50. The number of fused-ring (bicyclic) bond motifs is 1. The first kappa shape index (κ1) is 14.8. The highest BCUT2D eigenvalue weighted by molar-refractivity contribution is 5.21. The third kappa shape index (κ3) is 3.13. The van der Waals surface area contributed by atoms with Crippen LogP contribution in [0.4, 0.5) is 0 Å². The Morgan fingerprint density at radius 3 is 2.18 bits per heavy atom. The van der Waals surface area contributed by atoms with E-state index in [1.54, 1.807) is 0 Å². The lowest BCUT2D eigenvalue weighted by atomic mass is 9.60. The molecule has 1 heterocycles. The molecule has 1 saturated heterocycles. The molecule has 2 aliphatic rings. The van der Waals surface area contributed by atoms with Crippen LogP contribution in [0.15, 0.2) is 12.2 Å². The Morgan fingerprint density at radius 2 is 1.65 bits per heavy atom. The predicted molar refractivity (Wildman–Crippen MR) is 75.2 cm³/mol. The molecule has 1 saturated carbocycles. The van der Waals surface area contributed by atoms with Crippen LogP contribution in [0.1, 0.15) is 66.7 Å². The van der Waals surface area contributed by atoms with Crippen molar-refractivity contribution in [2.75, 3.05) is 6.61 Å². The molecule has 2 rings (SSSR count). The van der Waals surface area contributed by atoms with Crippen molar-refractivity contribution in [3.05, 3.63) is 12.2 Å². The summed E-state index contributed by atoms with van der Waals surface area (Å²) in [7, 11) is 0. The normalized spacial score (nSPS) is 37.2. The molecule has 2 fully saturated rings. The van der Waals surface area contributed by atoms with E-state index < -0.39 is 0 Å². The zero-order valence-corrected chi connectivity index (χ0v) is 12.4. The average Bonchev–Trinajstić information content (AvgIpc) is 2.20. The van der Waals surface area contributed by atoms with E-state index in [0.717, 1.165) is 18.9 Å². The minimum atomic E-state index is -0.0243. The van der Waals surface area contributed by atoms with Gasteiger partial charge in [0.05, 0.1) is 5.60 Å². The minimum absolute atomic E-state index is 0.0243. The molecular formula is C16H30O. The third-order valence-electron chi connectivity index (χ3n) is 4.30. The van der Waals surface area contributed by atoms with E-state index in [-0.39, 0.29) is 5.60 Å². The SMILES string of the molecule is C=C1CCC[C@]2(C)CCCO[C@@]12C.CC(C)C. The summed E-state index contributed by atoms with van der Waals surface area (Å²) >= 11 is 0. The second-order valence-corrected chi connectivity index (χ2v) is 6.74. The van der Waals surface area contributed by atoms with Crippen LogP contribution >= 0.6 is 0 Å². The van der Waals surface area contributed by atoms with Gasteiger partial charge in [0.25, 0.3) is 0 Å². The number of hydrogen-bond acceptors (Lipinski definition) is 1. The fraction of sp³-hybridized carbons (Fsp3) is 0.875. The molecule has 0 aromatic carbocycles. The first-order valence-corrected chi connectivity index (χ1v) is 7.14. The topological polar surface area (TPSA) is 9.23 Å². The van der Waals surface area contributed by atoms with Crippen molar-refractivity contribution in [1.82, 2.24) is 0 Å². The molecule has 0 N–H and O–H groups in total. The van der Waals surface area contributed by atoms with E-state index in [2.05, 4.69) is 41.2 Å². The van der Waals surface area contributed by atoms with Crippen molar-refractivity contribution in [3.8, 4) is 0 Å². The fourth-order valence-corrected chi connectivity index (χ4v) is 2.97. The van der Waals surface area contributed by atoms with E-state index in [0.29, 0.717) is 5.41 Å². The van der Waals surface area contributed by atoms with Crippen molar-refractivity contribution in [2.24, 2.45) is 11.3 Å². The monoisotopic (exact) mass is 238 g/mol. The summed E-state index contributed by atoms with van der Waals surface area (Å²) in [6, 6.07) is 0. The molecule has 1 aliphatic heterocycles. The predicted octanol–water partition coefficient (Wildman–Crippen LogP) is 4.96.